The molecule has 0 radical (unpaired) electrons. The lowest BCUT2D eigenvalue weighted by Gasteiger charge is -2.22. The molecule has 0 spiro atoms. The summed E-state index contributed by atoms with van der Waals surface area (Å²) in [7, 11) is 0. The maximum atomic E-state index is 12.7. The van der Waals surface area contributed by atoms with E-state index in [0.717, 1.165) is 10.2 Å². The zero-order valence-corrected chi connectivity index (χ0v) is 16.2. The lowest BCUT2D eigenvalue weighted by Crippen LogP contribution is -2.32. The van der Waals surface area contributed by atoms with Crippen LogP contribution in [0.25, 0.3) is 10.2 Å². The van der Waals surface area contributed by atoms with Gasteiger partial charge in [0.2, 0.25) is 5.91 Å². The number of carbonyl (C=O) groups excluding carboxylic acids is 1. The summed E-state index contributed by atoms with van der Waals surface area (Å²) < 4.78 is 1.07. The third-order valence-electron chi connectivity index (χ3n) is 4.41. The number of aromatic nitrogens is 1. The Morgan fingerprint density at radius 2 is 1.39 bits per heavy atom. The van der Waals surface area contributed by atoms with Crippen LogP contribution in [-0.2, 0) is 17.9 Å². The van der Waals surface area contributed by atoms with E-state index in [1.54, 1.807) is 0 Å². The number of hydrogen-bond donors (Lipinski definition) is 1. The molecule has 3 aromatic carbocycles. The van der Waals surface area contributed by atoms with Crippen molar-refractivity contribution in [2.45, 2.75) is 13.1 Å². The Morgan fingerprint density at radius 3 is 2.00 bits per heavy atom. The number of para-hydroxylation sites is 1. The van der Waals surface area contributed by atoms with Crippen molar-refractivity contribution >= 4 is 32.6 Å². The second-order valence-electron chi connectivity index (χ2n) is 6.65. The summed E-state index contributed by atoms with van der Waals surface area (Å²) in [6, 6.07) is 28.4. The SMILES string of the molecule is O=C(CN(Cc1ccccc1)Cc1ccccc1)Nc1nc2ccccc2s1. The second kappa shape index (κ2) is 8.78. The first-order valence-corrected chi connectivity index (χ1v) is 10.0. The highest BCUT2D eigenvalue weighted by Crippen LogP contribution is 2.25. The number of amides is 1. The normalized spacial score (nSPS) is 11.0. The highest BCUT2D eigenvalue weighted by atomic mass is 32.1. The highest BCUT2D eigenvalue weighted by molar-refractivity contribution is 7.22. The van der Waals surface area contributed by atoms with Crippen LogP contribution in [0.15, 0.2) is 84.9 Å². The van der Waals surface area contributed by atoms with E-state index in [1.807, 2.05) is 60.7 Å². The number of carbonyl (C=O) groups is 1. The molecule has 0 aliphatic rings. The summed E-state index contributed by atoms with van der Waals surface area (Å²) >= 11 is 1.50. The molecule has 5 heteroatoms. The molecule has 0 aliphatic heterocycles. The Kier molecular flexibility index (Phi) is 5.75. The van der Waals surface area contributed by atoms with Crippen molar-refractivity contribution in [3.63, 3.8) is 0 Å². The number of nitrogens with zero attached hydrogens (tertiary/aromatic N) is 2. The van der Waals surface area contributed by atoms with Gasteiger partial charge in [0.05, 0.1) is 16.8 Å². The van der Waals surface area contributed by atoms with E-state index in [0.29, 0.717) is 24.8 Å². The van der Waals surface area contributed by atoms with Gasteiger partial charge in [-0.1, -0.05) is 84.1 Å². The number of benzene rings is 3. The third-order valence-corrected chi connectivity index (χ3v) is 5.36. The van der Waals surface area contributed by atoms with E-state index >= 15 is 0 Å². The van der Waals surface area contributed by atoms with Gasteiger partial charge in [-0.15, -0.1) is 0 Å². The standard InChI is InChI=1S/C23H21N3OS/c27-22(25-23-24-20-13-7-8-14-21(20)28-23)17-26(15-18-9-3-1-4-10-18)16-19-11-5-2-6-12-19/h1-14H,15-17H2,(H,24,25,27). The molecule has 0 aliphatic carbocycles. The van der Waals surface area contributed by atoms with Gasteiger partial charge < -0.3 is 5.32 Å². The first-order chi connectivity index (χ1) is 13.8. The minimum Gasteiger partial charge on any atom is -0.301 e. The molecule has 4 rings (SSSR count). The molecule has 0 saturated carbocycles. The lowest BCUT2D eigenvalue weighted by atomic mass is 10.1. The minimum atomic E-state index is -0.0501. The number of thiazole rings is 1. The smallest absolute Gasteiger partial charge is 0.240 e. The van der Waals surface area contributed by atoms with Gasteiger partial charge in [0.15, 0.2) is 5.13 Å². The molecule has 1 amide bonds. The molecule has 1 N–H and O–H groups in total. The summed E-state index contributed by atoms with van der Waals surface area (Å²) in [5.41, 5.74) is 3.28. The first kappa shape index (κ1) is 18.3. The van der Waals surface area contributed by atoms with E-state index in [-0.39, 0.29) is 5.91 Å². The summed E-state index contributed by atoms with van der Waals surface area (Å²) in [6.07, 6.45) is 0. The Morgan fingerprint density at radius 1 is 0.821 bits per heavy atom. The van der Waals surface area contributed by atoms with Crippen molar-refractivity contribution in [3.05, 3.63) is 96.1 Å². The predicted octanol–water partition coefficient (Wildman–Crippen LogP) is 4.94. The Balaban J connectivity index is 1.46. The van der Waals surface area contributed by atoms with Gasteiger partial charge >= 0.3 is 0 Å². The molecule has 0 unspecified atom stereocenters. The molecule has 4 aromatic rings. The van der Waals surface area contributed by atoms with Crippen LogP contribution in [0.1, 0.15) is 11.1 Å². The molecular weight excluding hydrogens is 366 g/mol. The van der Waals surface area contributed by atoms with Crippen LogP contribution in [0.4, 0.5) is 5.13 Å². The predicted molar refractivity (Wildman–Crippen MR) is 115 cm³/mol. The van der Waals surface area contributed by atoms with E-state index < -0.39 is 0 Å². The van der Waals surface area contributed by atoms with Gasteiger partial charge in [0.25, 0.3) is 0 Å². The van der Waals surface area contributed by atoms with Crippen LogP contribution < -0.4 is 5.32 Å². The lowest BCUT2D eigenvalue weighted by molar-refractivity contribution is -0.117. The molecule has 1 aromatic heterocycles. The van der Waals surface area contributed by atoms with Crippen molar-refractivity contribution in [1.82, 2.24) is 9.88 Å². The van der Waals surface area contributed by atoms with Gasteiger partial charge in [-0.25, -0.2) is 4.98 Å². The fourth-order valence-electron chi connectivity index (χ4n) is 3.14. The van der Waals surface area contributed by atoms with E-state index in [9.17, 15) is 4.79 Å². The zero-order valence-electron chi connectivity index (χ0n) is 15.4. The van der Waals surface area contributed by atoms with Crippen LogP contribution in [0, 0.1) is 0 Å². The number of fused-ring (bicyclic) bond motifs is 1. The second-order valence-corrected chi connectivity index (χ2v) is 7.68. The molecule has 1 heterocycles. The summed E-state index contributed by atoms with van der Waals surface area (Å²) in [4.78, 5) is 19.3. The van der Waals surface area contributed by atoms with E-state index in [4.69, 9.17) is 0 Å². The molecule has 0 atom stereocenters. The number of nitrogens with one attached hydrogen (secondary N) is 1. The molecule has 4 nitrogen and oxygen atoms in total. The Labute approximate surface area is 168 Å². The first-order valence-electron chi connectivity index (χ1n) is 9.22. The fourth-order valence-corrected chi connectivity index (χ4v) is 4.02. The van der Waals surface area contributed by atoms with Crippen molar-refractivity contribution in [3.8, 4) is 0 Å². The van der Waals surface area contributed by atoms with Gasteiger partial charge in [-0.2, -0.15) is 0 Å². The van der Waals surface area contributed by atoms with Gasteiger partial charge in [0, 0.05) is 13.1 Å². The van der Waals surface area contributed by atoms with Crippen molar-refractivity contribution in [2.75, 3.05) is 11.9 Å². The number of anilines is 1. The van der Waals surface area contributed by atoms with Gasteiger partial charge in [0.1, 0.15) is 0 Å². The summed E-state index contributed by atoms with van der Waals surface area (Å²) in [6.45, 7) is 1.73. The molecular formula is C23H21N3OS. The Hall–Kier alpha value is -3.02. The molecule has 0 saturated heterocycles. The van der Waals surface area contributed by atoms with Gasteiger partial charge in [-0.05, 0) is 23.3 Å². The molecule has 28 heavy (non-hydrogen) atoms. The minimum absolute atomic E-state index is 0.0501. The summed E-state index contributed by atoms with van der Waals surface area (Å²) in [5, 5.41) is 3.60. The molecule has 0 bridgehead atoms. The molecule has 0 fully saturated rings. The Bertz CT molecular complexity index is 973. The van der Waals surface area contributed by atoms with Gasteiger partial charge in [-0.3, -0.25) is 9.69 Å². The van der Waals surface area contributed by atoms with Crippen molar-refractivity contribution in [2.24, 2.45) is 0 Å². The third kappa shape index (κ3) is 4.82. The maximum Gasteiger partial charge on any atom is 0.240 e. The van der Waals surface area contributed by atoms with Crippen LogP contribution in [0.3, 0.4) is 0 Å². The topological polar surface area (TPSA) is 45.2 Å². The average molecular weight is 388 g/mol. The highest BCUT2D eigenvalue weighted by Gasteiger charge is 2.14. The number of rotatable bonds is 7. The fraction of sp³-hybridized carbons (Fsp3) is 0.130. The quantitative estimate of drug-likeness (QED) is 0.489. The largest absolute Gasteiger partial charge is 0.301 e. The number of hydrogen-bond acceptors (Lipinski definition) is 4. The zero-order chi connectivity index (χ0) is 19.2. The van der Waals surface area contributed by atoms with Crippen molar-refractivity contribution in [1.29, 1.82) is 0 Å². The summed E-state index contributed by atoms with van der Waals surface area (Å²) in [5.74, 6) is -0.0501. The van der Waals surface area contributed by atoms with Crippen LogP contribution in [0.5, 0.6) is 0 Å². The molecule has 140 valence electrons. The van der Waals surface area contributed by atoms with Crippen LogP contribution in [0.2, 0.25) is 0 Å². The average Bonchev–Trinajstić information content (AvgIpc) is 3.11. The van der Waals surface area contributed by atoms with E-state index in [2.05, 4.69) is 39.5 Å². The van der Waals surface area contributed by atoms with Crippen LogP contribution in [-0.4, -0.2) is 22.3 Å². The van der Waals surface area contributed by atoms with Crippen LogP contribution >= 0.6 is 11.3 Å². The van der Waals surface area contributed by atoms with Crippen molar-refractivity contribution < 1.29 is 4.79 Å². The maximum absolute atomic E-state index is 12.7. The van der Waals surface area contributed by atoms with E-state index in [1.165, 1.54) is 22.5 Å². The monoisotopic (exact) mass is 387 g/mol.